The smallest absolute Gasteiger partial charge is 0.328 e. The molecule has 0 fully saturated rings. The zero-order chi connectivity index (χ0) is 16.2. The Kier molecular flexibility index (Phi) is 5.17. The molecule has 0 spiro atoms. The van der Waals surface area contributed by atoms with Crippen molar-refractivity contribution in [1.82, 2.24) is 10.0 Å². The summed E-state index contributed by atoms with van der Waals surface area (Å²) >= 11 is 1.35. The summed E-state index contributed by atoms with van der Waals surface area (Å²) in [6.45, 7) is 1.76. The quantitative estimate of drug-likeness (QED) is 0.773. The number of sulfonamides is 1. The fraction of sp³-hybridized carbons (Fsp3) is 0.214. The van der Waals surface area contributed by atoms with Crippen LogP contribution in [0, 0.1) is 6.92 Å². The largest absolute Gasteiger partial charge is 0.386 e. The van der Waals surface area contributed by atoms with E-state index in [1.165, 1.54) is 23.5 Å². The maximum absolute atomic E-state index is 12.0. The first kappa shape index (κ1) is 16.5. The van der Waals surface area contributed by atoms with Gasteiger partial charge in [-0.2, -0.15) is 0 Å². The number of aliphatic hydroxyl groups excluding tert-OH is 1. The second kappa shape index (κ2) is 6.91. The van der Waals surface area contributed by atoms with Crippen LogP contribution in [0.2, 0.25) is 0 Å². The second-order valence-corrected chi connectivity index (χ2v) is 7.32. The molecule has 0 radical (unpaired) electrons. The predicted molar refractivity (Wildman–Crippen MR) is 84.2 cm³/mol. The van der Waals surface area contributed by atoms with Gasteiger partial charge in [-0.25, -0.2) is 17.9 Å². The summed E-state index contributed by atoms with van der Waals surface area (Å²) in [5, 5.41) is 14.0. The molecule has 2 rings (SSSR count). The summed E-state index contributed by atoms with van der Waals surface area (Å²) < 4.78 is 25.9. The number of rotatable bonds is 5. The average Bonchev–Trinajstić information content (AvgIpc) is 2.99. The van der Waals surface area contributed by atoms with E-state index in [2.05, 4.69) is 5.32 Å². The third kappa shape index (κ3) is 4.30. The molecule has 1 unspecified atom stereocenters. The number of benzene rings is 1. The Labute approximate surface area is 132 Å². The minimum absolute atomic E-state index is 0.00653. The van der Waals surface area contributed by atoms with Gasteiger partial charge in [-0.05, 0) is 30.5 Å². The van der Waals surface area contributed by atoms with Crippen molar-refractivity contribution < 1.29 is 18.3 Å². The van der Waals surface area contributed by atoms with Gasteiger partial charge in [0.1, 0.15) is 6.10 Å². The topological polar surface area (TPSA) is 95.5 Å². The normalized spacial score (nSPS) is 12.6. The first-order valence-corrected chi connectivity index (χ1v) is 8.83. The van der Waals surface area contributed by atoms with E-state index < -0.39 is 22.2 Å². The van der Waals surface area contributed by atoms with Gasteiger partial charge in [0.15, 0.2) is 0 Å². The molecule has 0 saturated heterocycles. The summed E-state index contributed by atoms with van der Waals surface area (Å²) in [4.78, 5) is 12.4. The first-order valence-electron chi connectivity index (χ1n) is 6.47. The van der Waals surface area contributed by atoms with Crippen LogP contribution < -0.4 is 10.0 Å². The molecule has 6 nitrogen and oxygen atoms in total. The molecule has 22 heavy (non-hydrogen) atoms. The Bertz CT molecular complexity index is 725. The standard InChI is InChI=1S/C14H16N2O4S2/c1-10-4-6-11(7-5-10)22(19,20)16-14(18)15-9-12(17)13-3-2-8-21-13/h2-8,12,17H,9H2,1H3,(H2,15,16,18). The van der Waals surface area contributed by atoms with E-state index in [1.807, 2.05) is 11.6 Å². The maximum Gasteiger partial charge on any atom is 0.328 e. The molecule has 0 aliphatic rings. The molecule has 0 bridgehead atoms. The monoisotopic (exact) mass is 340 g/mol. The highest BCUT2D eigenvalue weighted by Crippen LogP contribution is 2.17. The molecule has 8 heteroatoms. The number of carbonyl (C=O) groups excluding carboxylic acids is 1. The molecule has 1 atom stereocenters. The van der Waals surface area contributed by atoms with Crippen molar-refractivity contribution in [2.75, 3.05) is 6.54 Å². The van der Waals surface area contributed by atoms with Crippen molar-refractivity contribution in [1.29, 1.82) is 0 Å². The number of carbonyl (C=O) groups is 1. The van der Waals surface area contributed by atoms with Gasteiger partial charge in [0.2, 0.25) is 0 Å². The van der Waals surface area contributed by atoms with Gasteiger partial charge >= 0.3 is 6.03 Å². The van der Waals surface area contributed by atoms with Crippen LogP contribution in [0.4, 0.5) is 4.79 Å². The maximum atomic E-state index is 12.0. The molecule has 2 amide bonds. The van der Waals surface area contributed by atoms with Crippen LogP contribution in [-0.2, 0) is 10.0 Å². The zero-order valence-corrected chi connectivity index (χ0v) is 13.4. The number of nitrogens with one attached hydrogen (secondary N) is 2. The molecule has 0 aliphatic heterocycles. The van der Waals surface area contributed by atoms with Crippen molar-refractivity contribution in [2.24, 2.45) is 0 Å². The molecule has 0 aliphatic carbocycles. The van der Waals surface area contributed by atoms with Gasteiger partial charge in [0.05, 0.1) is 11.4 Å². The highest BCUT2D eigenvalue weighted by atomic mass is 32.2. The number of aliphatic hydroxyl groups is 1. The summed E-state index contributed by atoms with van der Waals surface area (Å²) in [5.74, 6) is 0. The average molecular weight is 340 g/mol. The highest BCUT2D eigenvalue weighted by Gasteiger charge is 2.18. The third-order valence-electron chi connectivity index (χ3n) is 2.89. The van der Waals surface area contributed by atoms with Crippen LogP contribution in [0.1, 0.15) is 16.5 Å². The molecule has 1 heterocycles. The van der Waals surface area contributed by atoms with Gasteiger partial charge in [0.25, 0.3) is 10.0 Å². The van der Waals surface area contributed by atoms with Crippen LogP contribution in [0.3, 0.4) is 0 Å². The molecule has 1 aromatic carbocycles. The molecule has 2 aromatic rings. The van der Waals surface area contributed by atoms with Crippen molar-refractivity contribution in [3.05, 3.63) is 52.2 Å². The molecule has 3 N–H and O–H groups in total. The Morgan fingerprint density at radius 3 is 2.55 bits per heavy atom. The van der Waals surface area contributed by atoms with Crippen LogP contribution >= 0.6 is 11.3 Å². The van der Waals surface area contributed by atoms with Gasteiger partial charge in [0, 0.05) is 4.88 Å². The molecule has 1 aromatic heterocycles. The van der Waals surface area contributed by atoms with Crippen molar-refractivity contribution in [2.45, 2.75) is 17.9 Å². The fourth-order valence-electron chi connectivity index (χ4n) is 1.71. The van der Waals surface area contributed by atoms with E-state index >= 15 is 0 Å². The highest BCUT2D eigenvalue weighted by molar-refractivity contribution is 7.90. The van der Waals surface area contributed by atoms with Crippen LogP contribution in [0.15, 0.2) is 46.7 Å². The lowest BCUT2D eigenvalue weighted by Crippen LogP contribution is -2.40. The zero-order valence-electron chi connectivity index (χ0n) is 11.8. The number of amides is 2. The lowest BCUT2D eigenvalue weighted by Gasteiger charge is -2.11. The number of thiophene rings is 1. The van der Waals surface area contributed by atoms with E-state index in [4.69, 9.17) is 0 Å². The minimum Gasteiger partial charge on any atom is -0.386 e. The summed E-state index contributed by atoms with van der Waals surface area (Å²) in [6, 6.07) is 8.77. The van der Waals surface area contributed by atoms with Crippen molar-refractivity contribution in [3.8, 4) is 0 Å². The van der Waals surface area contributed by atoms with Crippen LogP contribution in [0.5, 0.6) is 0 Å². The first-order chi connectivity index (χ1) is 10.4. The number of hydrogen-bond acceptors (Lipinski definition) is 5. The van der Waals surface area contributed by atoms with Gasteiger partial charge in [-0.15, -0.1) is 11.3 Å². The van der Waals surface area contributed by atoms with E-state index in [0.717, 1.165) is 5.56 Å². The second-order valence-electron chi connectivity index (χ2n) is 4.66. The molecular formula is C14H16N2O4S2. The number of aryl methyl sites for hydroxylation is 1. The minimum atomic E-state index is -3.92. The lowest BCUT2D eigenvalue weighted by atomic mass is 10.2. The van der Waals surface area contributed by atoms with E-state index in [1.54, 1.807) is 29.6 Å². The van der Waals surface area contributed by atoms with Gasteiger partial charge in [-0.1, -0.05) is 23.8 Å². The van der Waals surface area contributed by atoms with Crippen LogP contribution in [-0.4, -0.2) is 26.1 Å². The van der Waals surface area contributed by atoms with Gasteiger partial charge < -0.3 is 10.4 Å². The van der Waals surface area contributed by atoms with Gasteiger partial charge in [-0.3, -0.25) is 0 Å². The van der Waals surface area contributed by atoms with E-state index in [0.29, 0.717) is 4.88 Å². The van der Waals surface area contributed by atoms with E-state index in [9.17, 15) is 18.3 Å². The number of hydrogen-bond donors (Lipinski definition) is 3. The third-order valence-corrected chi connectivity index (χ3v) is 5.21. The Balaban J connectivity index is 1.92. The number of urea groups is 1. The fourth-order valence-corrected chi connectivity index (χ4v) is 3.35. The summed E-state index contributed by atoms with van der Waals surface area (Å²) in [5.41, 5.74) is 0.919. The molecule has 118 valence electrons. The Hall–Kier alpha value is -1.90. The van der Waals surface area contributed by atoms with Crippen LogP contribution in [0.25, 0.3) is 0 Å². The van der Waals surface area contributed by atoms with E-state index in [-0.39, 0.29) is 11.4 Å². The lowest BCUT2D eigenvalue weighted by molar-refractivity contribution is 0.177. The summed E-state index contributed by atoms with van der Waals surface area (Å²) in [7, 11) is -3.92. The van der Waals surface area contributed by atoms with Crippen molar-refractivity contribution >= 4 is 27.4 Å². The predicted octanol–water partition coefficient (Wildman–Crippen LogP) is 1.78. The SMILES string of the molecule is Cc1ccc(S(=O)(=O)NC(=O)NCC(O)c2cccs2)cc1. The Morgan fingerprint density at radius 2 is 1.95 bits per heavy atom. The van der Waals surface area contributed by atoms with Crippen molar-refractivity contribution in [3.63, 3.8) is 0 Å². The molecule has 0 saturated carbocycles. The molecular weight excluding hydrogens is 324 g/mol. The Morgan fingerprint density at radius 1 is 1.27 bits per heavy atom. The summed E-state index contributed by atoms with van der Waals surface area (Å²) in [6.07, 6.45) is -0.868.